The van der Waals surface area contributed by atoms with Gasteiger partial charge >= 0.3 is 12.3 Å². The smallest absolute Gasteiger partial charge is 0.481 e. The van der Waals surface area contributed by atoms with Crippen molar-refractivity contribution in [2.24, 2.45) is 5.41 Å². The van der Waals surface area contributed by atoms with Crippen LogP contribution in [0, 0.1) is 5.41 Å². The van der Waals surface area contributed by atoms with E-state index in [1.807, 2.05) is 0 Å². The molecule has 1 heterocycles. The molecular weight excluding hydrogens is 303 g/mol. The average Bonchev–Trinajstić information content (AvgIpc) is 2.81. The van der Waals surface area contributed by atoms with Crippen LogP contribution in [-0.2, 0) is 4.79 Å². The summed E-state index contributed by atoms with van der Waals surface area (Å²) in [6.07, 6.45) is -4.66. The van der Waals surface area contributed by atoms with Gasteiger partial charge in [0.2, 0.25) is 0 Å². The average molecular weight is 317 g/mol. The molecule has 1 amide bonds. The number of carbonyl (C=O) groups excluding carboxylic acids is 1. The van der Waals surface area contributed by atoms with Crippen LogP contribution in [0.5, 0.6) is 5.75 Å². The van der Waals surface area contributed by atoms with Crippen LogP contribution in [0.15, 0.2) is 24.3 Å². The van der Waals surface area contributed by atoms with Crippen LogP contribution in [0.4, 0.5) is 13.2 Å². The minimum absolute atomic E-state index is 0.0540. The second-order valence-corrected chi connectivity index (χ2v) is 5.39. The zero-order valence-electron chi connectivity index (χ0n) is 11.7. The van der Waals surface area contributed by atoms with Crippen LogP contribution in [0.3, 0.4) is 0 Å². The van der Waals surface area contributed by atoms with Gasteiger partial charge in [-0.05, 0) is 25.5 Å². The van der Waals surface area contributed by atoms with E-state index in [0.717, 1.165) is 6.07 Å². The highest BCUT2D eigenvalue weighted by Crippen LogP contribution is 2.33. The van der Waals surface area contributed by atoms with Crippen molar-refractivity contribution in [2.45, 2.75) is 19.7 Å². The molecule has 1 unspecified atom stereocenters. The number of amides is 1. The van der Waals surface area contributed by atoms with E-state index >= 15 is 0 Å². The van der Waals surface area contributed by atoms with Crippen molar-refractivity contribution in [3.8, 4) is 5.75 Å². The number of halogens is 3. The number of hydrogen-bond donors (Lipinski definition) is 1. The van der Waals surface area contributed by atoms with Crippen molar-refractivity contribution >= 4 is 11.9 Å². The number of rotatable bonds is 3. The lowest BCUT2D eigenvalue weighted by Gasteiger charge is -2.21. The number of alkyl halides is 3. The summed E-state index contributed by atoms with van der Waals surface area (Å²) in [5, 5.41) is 9.14. The van der Waals surface area contributed by atoms with Crippen LogP contribution in [0.1, 0.15) is 23.7 Å². The number of aliphatic carboxylic acids is 1. The SMILES string of the molecule is CC1(C(=O)O)CCN(C(=O)c2ccccc2OC(F)(F)F)C1. The predicted octanol–water partition coefficient (Wildman–Crippen LogP) is 2.52. The maximum absolute atomic E-state index is 12.4. The van der Waals surface area contributed by atoms with Gasteiger partial charge in [0.15, 0.2) is 0 Å². The van der Waals surface area contributed by atoms with Crippen LogP contribution in [0.25, 0.3) is 0 Å². The summed E-state index contributed by atoms with van der Waals surface area (Å²) in [6.45, 7) is 1.62. The first-order chi connectivity index (χ1) is 10.1. The lowest BCUT2D eigenvalue weighted by atomic mass is 9.90. The minimum Gasteiger partial charge on any atom is -0.481 e. The van der Waals surface area contributed by atoms with E-state index in [4.69, 9.17) is 5.11 Å². The number of benzene rings is 1. The highest BCUT2D eigenvalue weighted by atomic mass is 19.4. The van der Waals surface area contributed by atoms with Gasteiger partial charge in [0.25, 0.3) is 5.91 Å². The standard InChI is InChI=1S/C14H14F3NO4/c1-13(12(20)21)6-7-18(8-13)11(19)9-4-2-3-5-10(9)22-14(15,16)17/h2-5H,6-8H2,1H3,(H,20,21). The lowest BCUT2D eigenvalue weighted by Crippen LogP contribution is -2.35. The van der Waals surface area contributed by atoms with E-state index in [-0.39, 0.29) is 25.1 Å². The highest BCUT2D eigenvalue weighted by molar-refractivity contribution is 5.97. The molecule has 1 aromatic carbocycles. The van der Waals surface area contributed by atoms with Gasteiger partial charge in [0.1, 0.15) is 5.75 Å². The maximum Gasteiger partial charge on any atom is 0.573 e. The Hall–Kier alpha value is -2.25. The molecule has 1 aliphatic rings. The molecule has 0 spiro atoms. The molecule has 0 aliphatic carbocycles. The van der Waals surface area contributed by atoms with Crippen molar-refractivity contribution in [2.75, 3.05) is 13.1 Å². The molecule has 8 heteroatoms. The molecule has 1 saturated heterocycles. The summed E-state index contributed by atoms with van der Waals surface area (Å²) < 4.78 is 40.9. The van der Waals surface area contributed by atoms with E-state index in [1.165, 1.54) is 30.0 Å². The fourth-order valence-corrected chi connectivity index (χ4v) is 2.34. The molecule has 0 radical (unpaired) electrons. The molecule has 22 heavy (non-hydrogen) atoms. The monoisotopic (exact) mass is 317 g/mol. The van der Waals surface area contributed by atoms with Crippen molar-refractivity contribution in [1.82, 2.24) is 4.90 Å². The normalized spacial score (nSPS) is 21.7. The zero-order chi connectivity index (χ0) is 16.5. The van der Waals surface area contributed by atoms with Gasteiger partial charge in [-0.3, -0.25) is 9.59 Å². The number of nitrogens with zero attached hydrogens (tertiary/aromatic N) is 1. The van der Waals surface area contributed by atoms with Crippen LogP contribution in [0.2, 0.25) is 0 Å². The number of likely N-dealkylation sites (tertiary alicyclic amines) is 1. The van der Waals surface area contributed by atoms with Crippen LogP contribution < -0.4 is 4.74 Å². The Morgan fingerprint density at radius 1 is 1.32 bits per heavy atom. The van der Waals surface area contributed by atoms with Crippen molar-refractivity contribution in [3.05, 3.63) is 29.8 Å². The van der Waals surface area contributed by atoms with E-state index in [1.54, 1.807) is 0 Å². The first-order valence-corrected chi connectivity index (χ1v) is 6.50. The molecule has 2 rings (SSSR count). The summed E-state index contributed by atoms with van der Waals surface area (Å²) >= 11 is 0. The van der Waals surface area contributed by atoms with Gasteiger partial charge in [-0.15, -0.1) is 13.2 Å². The fraction of sp³-hybridized carbons (Fsp3) is 0.429. The Balaban J connectivity index is 2.23. The molecular formula is C14H14F3NO4. The molecule has 1 fully saturated rings. The molecule has 1 N–H and O–H groups in total. The second kappa shape index (κ2) is 5.51. The third-order valence-corrected chi connectivity index (χ3v) is 3.62. The Labute approximate surface area is 124 Å². The van der Waals surface area contributed by atoms with Crippen molar-refractivity contribution < 1.29 is 32.6 Å². The second-order valence-electron chi connectivity index (χ2n) is 5.39. The largest absolute Gasteiger partial charge is 0.573 e. The number of carboxylic acid groups (broad SMARTS) is 1. The Morgan fingerprint density at radius 3 is 2.50 bits per heavy atom. The lowest BCUT2D eigenvalue weighted by molar-refractivity contribution is -0.274. The van der Waals surface area contributed by atoms with E-state index in [0.29, 0.717) is 0 Å². The van der Waals surface area contributed by atoms with Gasteiger partial charge in [-0.25, -0.2) is 0 Å². The van der Waals surface area contributed by atoms with Gasteiger partial charge in [0.05, 0.1) is 11.0 Å². The van der Waals surface area contributed by atoms with Crippen molar-refractivity contribution in [3.63, 3.8) is 0 Å². The molecule has 0 bridgehead atoms. The molecule has 0 saturated carbocycles. The fourth-order valence-electron chi connectivity index (χ4n) is 2.34. The first-order valence-electron chi connectivity index (χ1n) is 6.50. The number of carboxylic acids is 1. The summed E-state index contributed by atoms with van der Waals surface area (Å²) in [5.74, 6) is -2.31. The number of para-hydroxylation sites is 1. The van der Waals surface area contributed by atoms with Gasteiger partial charge < -0.3 is 14.7 Å². The molecule has 1 atom stereocenters. The zero-order valence-corrected chi connectivity index (χ0v) is 11.7. The minimum atomic E-state index is -4.91. The predicted molar refractivity (Wildman–Crippen MR) is 69.4 cm³/mol. The van der Waals surface area contributed by atoms with Gasteiger partial charge in [-0.1, -0.05) is 12.1 Å². The first kappa shape index (κ1) is 16.1. The van der Waals surface area contributed by atoms with Crippen molar-refractivity contribution in [1.29, 1.82) is 0 Å². The summed E-state index contributed by atoms with van der Waals surface area (Å²) in [7, 11) is 0. The maximum atomic E-state index is 12.4. The number of carbonyl (C=O) groups is 2. The third kappa shape index (κ3) is 3.32. The molecule has 1 aliphatic heterocycles. The Kier molecular flexibility index (Phi) is 4.04. The van der Waals surface area contributed by atoms with Gasteiger partial charge in [0, 0.05) is 13.1 Å². The molecule has 1 aromatic rings. The molecule has 0 aromatic heterocycles. The number of ether oxygens (including phenoxy) is 1. The van der Waals surface area contributed by atoms with Gasteiger partial charge in [-0.2, -0.15) is 0 Å². The van der Waals surface area contributed by atoms with Crippen LogP contribution in [-0.4, -0.2) is 41.3 Å². The van der Waals surface area contributed by atoms with Crippen LogP contribution >= 0.6 is 0 Å². The summed E-state index contributed by atoms with van der Waals surface area (Å²) in [4.78, 5) is 24.7. The third-order valence-electron chi connectivity index (χ3n) is 3.62. The topological polar surface area (TPSA) is 66.8 Å². The summed E-state index contributed by atoms with van der Waals surface area (Å²) in [6, 6.07) is 5.01. The van der Waals surface area contributed by atoms with E-state index in [9.17, 15) is 22.8 Å². The molecule has 5 nitrogen and oxygen atoms in total. The van der Waals surface area contributed by atoms with E-state index < -0.39 is 29.4 Å². The quantitative estimate of drug-likeness (QED) is 0.930. The summed E-state index contributed by atoms with van der Waals surface area (Å²) in [5.41, 5.74) is -1.33. The Bertz CT molecular complexity index is 602. The Morgan fingerprint density at radius 2 is 1.95 bits per heavy atom. The highest BCUT2D eigenvalue weighted by Gasteiger charge is 2.43. The number of hydrogen-bond acceptors (Lipinski definition) is 3. The van der Waals surface area contributed by atoms with E-state index in [2.05, 4.69) is 4.74 Å². The molecule has 120 valence electrons.